The normalized spacial score (nSPS) is 10.1. The van der Waals surface area contributed by atoms with Crippen molar-refractivity contribution in [1.82, 2.24) is 9.97 Å². The van der Waals surface area contributed by atoms with E-state index >= 15 is 0 Å². The smallest absolute Gasteiger partial charge is 0.162 e. The van der Waals surface area contributed by atoms with Gasteiger partial charge in [0.15, 0.2) is 11.5 Å². The molecule has 0 aliphatic rings. The van der Waals surface area contributed by atoms with Crippen LogP contribution in [0.2, 0.25) is 0 Å². The van der Waals surface area contributed by atoms with Gasteiger partial charge in [-0.15, -0.1) is 0 Å². The first-order valence-corrected chi connectivity index (χ1v) is 7.05. The predicted molar refractivity (Wildman–Crippen MR) is 88.8 cm³/mol. The number of nitrogens with zero attached hydrogens (tertiary/aromatic N) is 2. The van der Waals surface area contributed by atoms with E-state index in [0.29, 0.717) is 17.3 Å². The van der Waals surface area contributed by atoms with Gasteiger partial charge in [0.05, 0.1) is 19.7 Å². The Morgan fingerprint density at radius 3 is 2.38 bits per heavy atom. The van der Waals surface area contributed by atoms with E-state index in [1.54, 1.807) is 26.4 Å². The maximum absolute atomic E-state index is 9.83. The number of benzene rings is 2. The van der Waals surface area contributed by atoms with Gasteiger partial charge in [-0.1, -0.05) is 6.07 Å². The number of aromatic hydroxyl groups is 1. The number of phenolic OH excluding ortho intramolecular Hbond substituents is 1. The first kappa shape index (κ1) is 17.6. The number of ether oxygens (including phenoxy) is 2. The summed E-state index contributed by atoms with van der Waals surface area (Å²) in [6.45, 7) is 1.84. The van der Waals surface area contributed by atoms with Crippen LogP contribution in [0, 0.1) is 6.92 Å². The summed E-state index contributed by atoms with van der Waals surface area (Å²) < 4.78 is 10.6. The molecule has 0 unspecified atom stereocenters. The third-order valence-electron chi connectivity index (χ3n) is 3.61. The Labute approximate surface area is 145 Å². The summed E-state index contributed by atoms with van der Waals surface area (Å²) in [5.74, 6) is 2.06. The highest BCUT2D eigenvalue weighted by Gasteiger charge is 2.11. The second-order valence-electron chi connectivity index (χ2n) is 5.07. The lowest BCUT2D eigenvalue weighted by Gasteiger charge is -2.12. The Morgan fingerprint density at radius 2 is 1.71 bits per heavy atom. The lowest BCUT2D eigenvalue weighted by atomic mass is 10.2. The zero-order valence-electron chi connectivity index (χ0n) is 13.5. The molecule has 3 aromatic rings. The molecular weight excluding hydrogens is 330 g/mol. The molecular formula is C17H17ClN3O3-. The molecule has 7 heteroatoms. The number of anilines is 2. The molecule has 0 fully saturated rings. The van der Waals surface area contributed by atoms with Gasteiger partial charge in [-0.2, -0.15) is 0 Å². The lowest BCUT2D eigenvalue weighted by molar-refractivity contribution is -0.00000632. The van der Waals surface area contributed by atoms with E-state index in [1.807, 2.05) is 25.1 Å². The fraction of sp³-hybridized carbons (Fsp3) is 0.176. The minimum Gasteiger partial charge on any atom is -1.00 e. The van der Waals surface area contributed by atoms with Crippen LogP contribution in [-0.4, -0.2) is 29.3 Å². The molecule has 6 nitrogen and oxygen atoms in total. The van der Waals surface area contributed by atoms with E-state index in [0.717, 1.165) is 22.2 Å². The van der Waals surface area contributed by atoms with Crippen LogP contribution in [0.1, 0.15) is 5.56 Å². The van der Waals surface area contributed by atoms with Crippen LogP contribution in [0.15, 0.2) is 36.7 Å². The van der Waals surface area contributed by atoms with Crippen LogP contribution < -0.4 is 27.2 Å². The van der Waals surface area contributed by atoms with Crippen molar-refractivity contribution in [2.45, 2.75) is 6.92 Å². The summed E-state index contributed by atoms with van der Waals surface area (Å²) in [5.41, 5.74) is 2.29. The quantitative estimate of drug-likeness (QED) is 0.712. The van der Waals surface area contributed by atoms with Crippen molar-refractivity contribution in [2.24, 2.45) is 0 Å². The predicted octanol–water partition coefficient (Wildman–Crippen LogP) is 0.409. The van der Waals surface area contributed by atoms with E-state index in [-0.39, 0.29) is 18.2 Å². The number of nitrogens with one attached hydrogen (secondary N) is 1. The Kier molecular flexibility index (Phi) is 5.31. The number of halogens is 1. The molecule has 126 valence electrons. The number of phenols is 1. The number of methoxy groups -OCH3 is 2. The second-order valence-corrected chi connectivity index (χ2v) is 5.07. The summed E-state index contributed by atoms with van der Waals surface area (Å²) in [5, 5.41) is 13.8. The zero-order chi connectivity index (χ0) is 16.4. The van der Waals surface area contributed by atoms with Gasteiger partial charge in [0, 0.05) is 23.2 Å². The van der Waals surface area contributed by atoms with Crippen molar-refractivity contribution < 1.29 is 27.0 Å². The van der Waals surface area contributed by atoms with Gasteiger partial charge >= 0.3 is 0 Å². The first-order chi connectivity index (χ1) is 11.1. The molecule has 0 saturated carbocycles. The maximum Gasteiger partial charge on any atom is 0.162 e. The van der Waals surface area contributed by atoms with E-state index in [2.05, 4.69) is 15.3 Å². The highest BCUT2D eigenvalue weighted by atomic mass is 35.5. The van der Waals surface area contributed by atoms with Crippen LogP contribution in [0.4, 0.5) is 11.5 Å². The van der Waals surface area contributed by atoms with Gasteiger partial charge < -0.3 is 32.3 Å². The standard InChI is InChI=1S/C17H17N3O3.ClH/c1-10-4-5-11(6-14(10)21)20-17-12-7-15(22-2)16(23-3)8-13(12)18-9-19-17;/h4-9,21H,1-3H3,(H,18,19,20);1H/p-1. The van der Waals surface area contributed by atoms with Crippen molar-refractivity contribution in [3.05, 3.63) is 42.2 Å². The van der Waals surface area contributed by atoms with E-state index in [4.69, 9.17) is 9.47 Å². The fourth-order valence-corrected chi connectivity index (χ4v) is 2.31. The van der Waals surface area contributed by atoms with Crippen LogP contribution in [0.3, 0.4) is 0 Å². The van der Waals surface area contributed by atoms with Crippen molar-refractivity contribution in [2.75, 3.05) is 19.5 Å². The minimum atomic E-state index is 0. The maximum atomic E-state index is 9.83. The third-order valence-corrected chi connectivity index (χ3v) is 3.61. The number of hydrogen-bond donors (Lipinski definition) is 2. The SMILES string of the molecule is COc1cc2ncnc(Nc3ccc(C)c(O)c3)c2cc1OC.[Cl-]. The largest absolute Gasteiger partial charge is 1.00 e. The Hall–Kier alpha value is -2.73. The van der Waals surface area contributed by atoms with E-state index in [1.165, 1.54) is 6.33 Å². The van der Waals surface area contributed by atoms with Gasteiger partial charge in [0.2, 0.25) is 0 Å². The van der Waals surface area contributed by atoms with Gasteiger partial charge in [0.1, 0.15) is 17.9 Å². The molecule has 2 aromatic carbocycles. The van der Waals surface area contributed by atoms with Crippen LogP contribution in [0.5, 0.6) is 17.2 Å². The summed E-state index contributed by atoms with van der Waals surface area (Å²) in [6.07, 6.45) is 1.48. The fourth-order valence-electron chi connectivity index (χ4n) is 2.31. The molecule has 0 aliphatic carbocycles. The monoisotopic (exact) mass is 346 g/mol. The molecule has 1 aromatic heterocycles. The summed E-state index contributed by atoms with van der Waals surface area (Å²) >= 11 is 0. The van der Waals surface area contributed by atoms with Crippen LogP contribution in [0.25, 0.3) is 10.9 Å². The van der Waals surface area contributed by atoms with Crippen LogP contribution in [-0.2, 0) is 0 Å². The molecule has 0 amide bonds. The van der Waals surface area contributed by atoms with Gasteiger partial charge in [-0.3, -0.25) is 0 Å². The van der Waals surface area contributed by atoms with Crippen molar-refractivity contribution in [3.8, 4) is 17.2 Å². The van der Waals surface area contributed by atoms with Gasteiger partial charge in [-0.25, -0.2) is 9.97 Å². The number of fused-ring (bicyclic) bond motifs is 1. The van der Waals surface area contributed by atoms with Crippen molar-refractivity contribution >= 4 is 22.4 Å². The van der Waals surface area contributed by atoms with Gasteiger partial charge in [-0.05, 0) is 24.6 Å². The first-order valence-electron chi connectivity index (χ1n) is 7.05. The van der Waals surface area contributed by atoms with Crippen molar-refractivity contribution in [1.29, 1.82) is 0 Å². The summed E-state index contributed by atoms with van der Waals surface area (Å²) in [4.78, 5) is 8.55. The Bertz CT molecular complexity index is 871. The highest BCUT2D eigenvalue weighted by Crippen LogP contribution is 2.34. The molecule has 0 spiro atoms. The van der Waals surface area contributed by atoms with E-state index in [9.17, 15) is 5.11 Å². The molecule has 0 saturated heterocycles. The molecule has 0 bridgehead atoms. The summed E-state index contributed by atoms with van der Waals surface area (Å²) in [6, 6.07) is 9.00. The minimum absolute atomic E-state index is 0. The average Bonchev–Trinajstić information content (AvgIpc) is 2.57. The Morgan fingerprint density at radius 1 is 1.00 bits per heavy atom. The van der Waals surface area contributed by atoms with Crippen molar-refractivity contribution in [3.63, 3.8) is 0 Å². The summed E-state index contributed by atoms with van der Waals surface area (Å²) in [7, 11) is 3.16. The number of aryl methyl sites for hydroxylation is 1. The Balaban J connectivity index is 0.00000208. The number of aromatic nitrogens is 2. The molecule has 24 heavy (non-hydrogen) atoms. The molecule has 2 N–H and O–H groups in total. The van der Waals surface area contributed by atoms with Crippen LogP contribution >= 0.6 is 0 Å². The lowest BCUT2D eigenvalue weighted by Crippen LogP contribution is -3.00. The molecule has 3 rings (SSSR count). The molecule has 0 aliphatic heterocycles. The molecule has 1 heterocycles. The van der Waals surface area contributed by atoms with E-state index < -0.39 is 0 Å². The number of rotatable bonds is 4. The molecule has 0 atom stereocenters. The third kappa shape index (κ3) is 3.28. The second kappa shape index (κ2) is 7.23. The molecule has 0 radical (unpaired) electrons. The zero-order valence-corrected chi connectivity index (χ0v) is 14.3. The topological polar surface area (TPSA) is 76.5 Å². The highest BCUT2D eigenvalue weighted by molar-refractivity contribution is 5.93. The average molecular weight is 347 g/mol. The van der Waals surface area contributed by atoms with Gasteiger partial charge in [0.25, 0.3) is 0 Å². The number of hydrogen-bond acceptors (Lipinski definition) is 6.